The van der Waals surface area contributed by atoms with Crippen molar-refractivity contribution in [2.24, 2.45) is 0 Å². The largest absolute Gasteiger partial charge is 0.487 e. The fourth-order valence-electron chi connectivity index (χ4n) is 1.43. The van der Waals surface area contributed by atoms with Gasteiger partial charge >= 0.3 is 0 Å². The van der Waals surface area contributed by atoms with Crippen LogP contribution in [0.1, 0.15) is 5.56 Å². The molecule has 2 rings (SSSR count). The Hall–Kier alpha value is -1.87. The van der Waals surface area contributed by atoms with Gasteiger partial charge < -0.3 is 16.2 Å². The standard InChI is InChI=1S/C13H13ClN2O/c14-10-6-11(15)12(16)7-13(10)17-8-9-4-2-1-3-5-9/h1-7H,8,15-16H2. The average Bonchev–Trinajstić information content (AvgIpc) is 2.33. The summed E-state index contributed by atoms with van der Waals surface area (Å²) in [5, 5.41) is 0.465. The number of nitrogen functional groups attached to an aromatic ring is 2. The van der Waals surface area contributed by atoms with Gasteiger partial charge in [-0.2, -0.15) is 0 Å². The summed E-state index contributed by atoms with van der Waals surface area (Å²) in [6, 6.07) is 13.1. The van der Waals surface area contributed by atoms with Crippen LogP contribution in [-0.2, 0) is 6.61 Å². The van der Waals surface area contributed by atoms with E-state index in [1.54, 1.807) is 12.1 Å². The predicted octanol–water partition coefficient (Wildman–Crippen LogP) is 3.08. The maximum Gasteiger partial charge on any atom is 0.140 e. The van der Waals surface area contributed by atoms with Crippen LogP contribution in [0.2, 0.25) is 5.02 Å². The van der Waals surface area contributed by atoms with E-state index >= 15 is 0 Å². The first-order chi connectivity index (χ1) is 8.16. The Morgan fingerprint density at radius 2 is 1.65 bits per heavy atom. The summed E-state index contributed by atoms with van der Waals surface area (Å²) in [6.07, 6.45) is 0. The molecule has 0 aliphatic heterocycles. The van der Waals surface area contributed by atoms with Gasteiger partial charge in [0.05, 0.1) is 16.4 Å². The third-order valence-electron chi connectivity index (χ3n) is 2.37. The molecule has 0 amide bonds. The minimum Gasteiger partial charge on any atom is -0.487 e. The third-order valence-corrected chi connectivity index (χ3v) is 2.67. The van der Waals surface area contributed by atoms with Crippen LogP contribution < -0.4 is 16.2 Å². The molecule has 88 valence electrons. The fourth-order valence-corrected chi connectivity index (χ4v) is 1.66. The van der Waals surface area contributed by atoms with Crippen molar-refractivity contribution < 1.29 is 4.74 Å². The van der Waals surface area contributed by atoms with E-state index in [4.69, 9.17) is 27.8 Å². The van der Waals surface area contributed by atoms with E-state index in [-0.39, 0.29) is 0 Å². The van der Waals surface area contributed by atoms with Crippen LogP contribution in [0.5, 0.6) is 5.75 Å². The van der Waals surface area contributed by atoms with Crippen molar-refractivity contribution in [3.63, 3.8) is 0 Å². The Morgan fingerprint density at radius 1 is 1.00 bits per heavy atom. The molecular weight excluding hydrogens is 236 g/mol. The molecule has 0 aromatic heterocycles. The molecule has 2 aromatic carbocycles. The summed E-state index contributed by atoms with van der Waals surface area (Å²) >= 11 is 6.01. The molecule has 0 bridgehead atoms. The lowest BCUT2D eigenvalue weighted by molar-refractivity contribution is 0.306. The van der Waals surface area contributed by atoms with E-state index in [0.29, 0.717) is 28.8 Å². The molecule has 17 heavy (non-hydrogen) atoms. The number of hydrogen-bond acceptors (Lipinski definition) is 3. The van der Waals surface area contributed by atoms with Crippen LogP contribution in [0.25, 0.3) is 0 Å². The summed E-state index contributed by atoms with van der Waals surface area (Å²) in [7, 11) is 0. The van der Waals surface area contributed by atoms with E-state index < -0.39 is 0 Å². The van der Waals surface area contributed by atoms with Gasteiger partial charge in [-0.05, 0) is 11.6 Å². The molecule has 0 atom stereocenters. The maximum absolute atomic E-state index is 6.01. The summed E-state index contributed by atoms with van der Waals surface area (Å²) in [6.45, 7) is 0.448. The highest BCUT2D eigenvalue weighted by Gasteiger charge is 2.05. The lowest BCUT2D eigenvalue weighted by Gasteiger charge is -2.10. The van der Waals surface area contributed by atoms with Gasteiger partial charge in [0.25, 0.3) is 0 Å². The smallest absolute Gasteiger partial charge is 0.140 e. The normalized spacial score (nSPS) is 10.2. The maximum atomic E-state index is 6.01. The van der Waals surface area contributed by atoms with Gasteiger partial charge in [-0.25, -0.2) is 0 Å². The lowest BCUT2D eigenvalue weighted by Crippen LogP contribution is -1.99. The Balaban J connectivity index is 2.12. The summed E-state index contributed by atoms with van der Waals surface area (Å²) in [5.41, 5.74) is 13.3. The second-order valence-corrected chi connectivity index (χ2v) is 4.09. The molecule has 2 aromatic rings. The van der Waals surface area contributed by atoms with Gasteiger partial charge in [-0.3, -0.25) is 0 Å². The van der Waals surface area contributed by atoms with E-state index in [1.165, 1.54) is 0 Å². The van der Waals surface area contributed by atoms with Crippen LogP contribution in [0, 0.1) is 0 Å². The molecule has 3 nitrogen and oxygen atoms in total. The minimum atomic E-state index is 0.448. The molecule has 4 N–H and O–H groups in total. The highest BCUT2D eigenvalue weighted by atomic mass is 35.5. The molecule has 0 unspecified atom stereocenters. The van der Waals surface area contributed by atoms with E-state index in [1.807, 2.05) is 30.3 Å². The zero-order valence-electron chi connectivity index (χ0n) is 9.19. The molecule has 0 saturated carbocycles. The number of anilines is 2. The van der Waals surface area contributed by atoms with Gasteiger partial charge in [0, 0.05) is 6.07 Å². The number of benzene rings is 2. The molecule has 0 saturated heterocycles. The highest BCUT2D eigenvalue weighted by Crippen LogP contribution is 2.31. The number of nitrogens with two attached hydrogens (primary N) is 2. The number of rotatable bonds is 3. The predicted molar refractivity (Wildman–Crippen MR) is 71.1 cm³/mol. The molecule has 0 aliphatic rings. The van der Waals surface area contributed by atoms with Crippen molar-refractivity contribution in [1.82, 2.24) is 0 Å². The summed E-state index contributed by atoms with van der Waals surface area (Å²) in [4.78, 5) is 0. The van der Waals surface area contributed by atoms with Crippen molar-refractivity contribution in [2.45, 2.75) is 6.61 Å². The number of halogens is 1. The molecule has 0 fully saturated rings. The molecule has 0 spiro atoms. The Kier molecular flexibility index (Phi) is 3.40. The highest BCUT2D eigenvalue weighted by molar-refractivity contribution is 6.32. The SMILES string of the molecule is Nc1cc(Cl)c(OCc2ccccc2)cc1N. The van der Waals surface area contributed by atoms with Gasteiger partial charge in [-0.1, -0.05) is 41.9 Å². The molecule has 0 radical (unpaired) electrons. The Labute approximate surface area is 105 Å². The van der Waals surface area contributed by atoms with E-state index in [2.05, 4.69) is 0 Å². The third kappa shape index (κ3) is 2.82. The topological polar surface area (TPSA) is 61.3 Å². The summed E-state index contributed by atoms with van der Waals surface area (Å²) in [5.74, 6) is 0.544. The van der Waals surface area contributed by atoms with E-state index in [0.717, 1.165) is 5.56 Å². The first kappa shape index (κ1) is 11.6. The Bertz CT molecular complexity index is 514. The summed E-state index contributed by atoms with van der Waals surface area (Å²) < 4.78 is 5.59. The molecule has 4 heteroatoms. The molecular formula is C13H13ClN2O. The monoisotopic (exact) mass is 248 g/mol. The number of ether oxygens (including phenoxy) is 1. The van der Waals surface area contributed by atoms with Crippen molar-refractivity contribution >= 4 is 23.0 Å². The molecule has 0 heterocycles. The fraction of sp³-hybridized carbons (Fsp3) is 0.0769. The number of hydrogen-bond donors (Lipinski definition) is 2. The quantitative estimate of drug-likeness (QED) is 0.821. The van der Waals surface area contributed by atoms with Gasteiger partial charge in [0.1, 0.15) is 12.4 Å². The lowest BCUT2D eigenvalue weighted by atomic mass is 10.2. The second-order valence-electron chi connectivity index (χ2n) is 3.69. The van der Waals surface area contributed by atoms with Gasteiger partial charge in [0.15, 0.2) is 0 Å². The average molecular weight is 249 g/mol. The van der Waals surface area contributed by atoms with E-state index in [9.17, 15) is 0 Å². The van der Waals surface area contributed by atoms with Crippen LogP contribution in [0.15, 0.2) is 42.5 Å². The van der Waals surface area contributed by atoms with Crippen LogP contribution >= 0.6 is 11.6 Å². The van der Waals surface area contributed by atoms with Crippen molar-refractivity contribution in [3.05, 3.63) is 53.1 Å². The first-order valence-corrected chi connectivity index (χ1v) is 5.56. The zero-order valence-corrected chi connectivity index (χ0v) is 9.95. The molecule has 0 aliphatic carbocycles. The van der Waals surface area contributed by atoms with Crippen LogP contribution in [0.4, 0.5) is 11.4 Å². The first-order valence-electron chi connectivity index (χ1n) is 5.18. The van der Waals surface area contributed by atoms with Gasteiger partial charge in [-0.15, -0.1) is 0 Å². The van der Waals surface area contributed by atoms with Crippen molar-refractivity contribution in [1.29, 1.82) is 0 Å². The van der Waals surface area contributed by atoms with Crippen LogP contribution in [0.3, 0.4) is 0 Å². The zero-order chi connectivity index (χ0) is 12.3. The second kappa shape index (κ2) is 4.97. The Morgan fingerprint density at radius 3 is 2.35 bits per heavy atom. The minimum absolute atomic E-state index is 0.448. The van der Waals surface area contributed by atoms with Gasteiger partial charge in [0.2, 0.25) is 0 Å². The van der Waals surface area contributed by atoms with Crippen LogP contribution in [-0.4, -0.2) is 0 Å². The van der Waals surface area contributed by atoms with Crippen molar-refractivity contribution in [3.8, 4) is 5.75 Å². The van der Waals surface area contributed by atoms with Crippen molar-refractivity contribution in [2.75, 3.05) is 11.5 Å².